The van der Waals surface area contributed by atoms with Crippen molar-refractivity contribution in [1.82, 2.24) is 10.2 Å². The predicted octanol–water partition coefficient (Wildman–Crippen LogP) is 1.71. The molecule has 1 N–H and O–H groups in total. The standard InChI is InChI=1S/C13H10ClIN2O3/c14-9-4-6(15)3-7-8(9)5-17(13(7)20)10-1-2-11(18)16-12(10)19/h3-4,10H,1-2,5H2,(H,16,18,19). The van der Waals surface area contributed by atoms with Gasteiger partial charge in [0.25, 0.3) is 5.91 Å². The molecule has 0 saturated carbocycles. The number of carbonyl (C=O) groups is 3. The molecule has 7 heteroatoms. The Morgan fingerprint density at radius 2 is 2.05 bits per heavy atom. The zero-order valence-corrected chi connectivity index (χ0v) is 13.2. The summed E-state index contributed by atoms with van der Waals surface area (Å²) in [4.78, 5) is 37.0. The van der Waals surface area contributed by atoms with Gasteiger partial charge in [-0.2, -0.15) is 0 Å². The lowest BCUT2D eigenvalue weighted by Gasteiger charge is -2.29. The predicted molar refractivity (Wildman–Crippen MR) is 80.2 cm³/mol. The lowest BCUT2D eigenvalue weighted by atomic mass is 10.0. The fourth-order valence-corrected chi connectivity index (χ4v) is 3.67. The van der Waals surface area contributed by atoms with Crippen molar-refractivity contribution in [3.8, 4) is 0 Å². The highest BCUT2D eigenvalue weighted by molar-refractivity contribution is 14.1. The molecule has 2 heterocycles. The molecule has 20 heavy (non-hydrogen) atoms. The van der Waals surface area contributed by atoms with Crippen LogP contribution in [0.5, 0.6) is 0 Å². The van der Waals surface area contributed by atoms with E-state index in [-0.39, 0.29) is 18.2 Å². The first-order valence-corrected chi connectivity index (χ1v) is 7.55. The van der Waals surface area contributed by atoms with Gasteiger partial charge in [-0.1, -0.05) is 11.6 Å². The zero-order valence-electron chi connectivity index (χ0n) is 10.3. The van der Waals surface area contributed by atoms with Crippen LogP contribution in [0.4, 0.5) is 0 Å². The number of carbonyl (C=O) groups excluding carboxylic acids is 3. The minimum absolute atomic E-state index is 0.199. The third-order valence-corrected chi connectivity index (χ3v) is 4.53. The van der Waals surface area contributed by atoms with Gasteiger partial charge >= 0.3 is 0 Å². The Balaban J connectivity index is 1.92. The highest BCUT2D eigenvalue weighted by Crippen LogP contribution is 2.33. The smallest absolute Gasteiger partial charge is 0.255 e. The van der Waals surface area contributed by atoms with E-state index in [9.17, 15) is 14.4 Å². The number of hydrogen-bond acceptors (Lipinski definition) is 3. The molecule has 5 nitrogen and oxygen atoms in total. The fraction of sp³-hybridized carbons (Fsp3) is 0.308. The molecule has 1 saturated heterocycles. The molecule has 0 aromatic heterocycles. The number of fused-ring (bicyclic) bond motifs is 1. The Bertz CT molecular complexity index is 647. The third-order valence-electron chi connectivity index (χ3n) is 3.57. The largest absolute Gasteiger partial charge is 0.322 e. The van der Waals surface area contributed by atoms with Crippen molar-refractivity contribution in [2.24, 2.45) is 0 Å². The van der Waals surface area contributed by atoms with Gasteiger partial charge in [0, 0.05) is 32.7 Å². The molecule has 3 amide bonds. The van der Waals surface area contributed by atoms with Crippen LogP contribution in [0.3, 0.4) is 0 Å². The average molecular weight is 405 g/mol. The number of rotatable bonds is 1. The second-order valence-electron chi connectivity index (χ2n) is 4.81. The Morgan fingerprint density at radius 3 is 2.75 bits per heavy atom. The molecule has 0 bridgehead atoms. The van der Waals surface area contributed by atoms with E-state index in [1.165, 1.54) is 4.90 Å². The maximum atomic E-state index is 12.4. The van der Waals surface area contributed by atoms with Gasteiger partial charge in [-0.15, -0.1) is 0 Å². The van der Waals surface area contributed by atoms with Crippen LogP contribution < -0.4 is 5.32 Å². The molecule has 2 aliphatic rings. The molecule has 0 aliphatic carbocycles. The minimum atomic E-state index is -0.596. The molecule has 1 aromatic rings. The van der Waals surface area contributed by atoms with Gasteiger partial charge in [0.1, 0.15) is 6.04 Å². The van der Waals surface area contributed by atoms with Crippen LogP contribution >= 0.6 is 34.2 Å². The van der Waals surface area contributed by atoms with Crippen molar-refractivity contribution >= 4 is 51.9 Å². The summed E-state index contributed by atoms with van der Waals surface area (Å²) in [6.07, 6.45) is 0.612. The van der Waals surface area contributed by atoms with Crippen molar-refractivity contribution in [3.63, 3.8) is 0 Å². The van der Waals surface area contributed by atoms with Crippen LogP contribution in [0, 0.1) is 3.57 Å². The number of halogens is 2. The lowest BCUT2D eigenvalue weighted by Crippen LogP contribution is -2.52. The van der Waals surface area contributed by atoms with Gasteiger partial charge in [0.05, 0.1) is 0 Å². The Kier molecular flexibility index (Phi) is 3.45. The number of nitrogens with zero attached hydrogens (tertiary/aromatic N) is 1. The van der Waals surface area contributed by atoms with Gasteiger partial charge in [-0.05, 0) is 41.1 Å². The maximum absolute atomic E-state index is 12.4. The lowest BCUT2D eigenvalue weighted by molar-refractivity contribution is -0.136. The summed E-state index contributed by atoms with van der Waals surface area (Å²) in [5.41, 5.74) is 1.30. The summed E-state index contributed by atoms with van der Waals surface area (Å²) >= 11 is 8.26. The highest BCUT2D eigenvalue weighted by Gasteiger charge is 2.39. The average Bonchev–Trinajstić information content (AvgIpc) is 2.68. The van der Waals surface area contributed by atoms with Gasteiger partial charge in [-0.25, -0.2) is 0 Å². The van der Waals surface area contributed by atoms with Crippen LogP contribution in [-0.4, -0.2) is 28.7 Å². The van der Waals surface area contributed by atoms with Crippen LogP contribution in [0.25, 0.3) is 0 Å². The maximum Gasteiger partial charge on any atom is 0.255 e. The van der Waals surface area contributed by atoms with E-state index in [1.807, 2.05) is 0 Å². The SMILES string of the molecule is O=C1CCC(N2Cc3c(Cl)cc(I)cc3C2=O)C(=O)N1. The summed E-state index contributed by atoms with van der Waals surface area (Å²) in [6.45, 7) is 0.316. The number of hydrogen-bond donors (Lipinski definition) is 1. The minimum Gasteiger partial charge on any atom is -0.322 e. The van der Waals surface area contributed by atoms with Crippen LogP contribution in [0.15, 0.2) is 12.1 Å². The number of imide groups is 1. The molecule has 3 rings (SSSR count). The van der Waals surface area contributed by atoms with Crippen molar-refractivity contribution in [3.05, 3.63) is 31.9 Å². The molecular weight excluding hydrogens is 395 g/mol. The van der Waals surface area contributed by atoms with Crippen molar-refractivity contribution in [2.45, 2.75) is 25.4 Å². The van der Waals surface area contributed by atoms with Crippen LogP contribution in [0.1, 0.15) is 28.8 Å². The summed E-state index contributed by atoms with van der Waals surface area (Å²) in [5, 5.41) is 2.81. The first kappa shape index (κ1) is 13.8. The molecule has 0 radical (unpaired) electrons. The van der Waals surface area contributed by atoms with E-state index in [0.717, 1.165) is 9.13 Å². The first-order chi connectivity index (χ1) is 9.47. The molecule has 1 aromatic carbocycles. The fourth-order valence-electron chi connectivity index (χ4n) is 2.58. The molecule has 1 fully saturated rings. The van der Waals surface area contributed by atoms with Gasteiger partial charge < -0.3 is 4.90 Å². The molecule has 2 aliphatic heterocycles. The topological polar surface area (TPSA) is 66.5 Å². The molecule has 1 atom stereocenters. The van der Waals surface area contributed by atoms with Gasteiger partial charge in [0.15, 0.2) is 0 Å². The summed E-state index contributed by atoms with van der Waals surface area (Å²) in [6, 6.07) is 2.97. The van der Waals surface area contributed by atoms with E-state index in [2.05, 4.69) is 27.9 Å². The second kappa shape index (κ2) is 5.00. The van der Waals surface area contributed by atoms with E-state index >= 15 is 0 Å². The van der Waals surface area contributed by atoms with E-state index in [4.69, 9.17) is 11.6 Å². The molecule has 1 unspecified atom stereocenters. The van der Waals surface area contributed by atoms with Crippen molar-refractivity contribution in [2.75, 3.05) is 0 Å². The number of amides is 3. The summed E-state index contributed by atoms with van der Waals surface area (Å²) in [7, 11) is 0. The summed E-state index contributed by atoms with van der Waals surface area (Å²) in [5.74, 6) is -0.897. The third kappa shape index (κ3) is 2.20. The van der Waals surface area contributed by atoms with E-state index < -0.39 is 11.9 Å². The number of benzene rings is 1. The molecule has 0 spiro atoms. The molecular formula is C13H10ClIN2O3. The number of piperidine rings is 1. The molecule has 104 valence electrons. The van der Waals surface area contributed by atoms with Crippen molar-refractivity contribution in [1.29, 1.82) is 0 Å². The zero-order chi connectivity index (χ0) is 14.4. The normalized spacial score (nSPS) is 22.0. The van der Waals surface area contributed by atoms with Crippen LogP contribution in [-0.2, 0) is 16.1 Å². The van der Waals surface area contributed by atoms with E-state index in [1.54, 1.807) is 12.1 Å². The van der Waals surface area contributed by atoms with Crippen LogP contribution in [0.2, 0.25) is 5.02 Å². The highest BCUT2D eigenvalue weighted by atomic mass is 127. The number of nitrogens with one attached hydrogen (secondary N) is 1. The Hall–Kier alpha value is -1.15. The first-order valence-electron chi connectivity index (χ1n) is 6.10. The van der Waals surface area contributed by atoms with Gasteiger partial charge in [-0.3, -0.25) is 19.7 Å². The van der Waals surface area contributed by atoms with Crippen molar-refractivity contribution < 1.29 is 14.4 Å². The van der Waals surface area contributed by atoms with Gasteiger partial charge in [0.2, 0.25) is 11.8 Å². The quantitative estimate of drug-likeness (QED) is 0.572. The monoisotopic (exact) mass is 404 g/mol. The van der Waals surface area contributed by atoms with E-state index in [0.29, 0.717) is 23.6 Å². The second-order valence-corrected chi connectivity index (χ2v) is 6.47. The Morgan fingerprint density at radius 1 is 1.30 bits per heavy atom. The summed E-state index contributed by atoms with van der Waals surface area (Å²) < 4.78 is 0.879. The Labute approximate surface area is 133 Å².